The van der Waals surface area contributed by atoms with Crippen LogP contribution in [-0.4, -0.2) is 33.9 Å². The van der Waals surface area contributed by atoms with Gasteiger partial charge in [-0.1, -0.05) is 98.1 Å². The summed E-state index contributed by atoms with van der Waals surface area (Å²) in [5.74, 6) is -0.0178. The van der Waals surface area contributed by atoms with Crippen LogP contribution in [-0.2, 0) is 23.2 Å². The van der Waals surface area contributed by atoms with Gasteiger partial charge in [0.05, 0.1) is 17.6 Å². The molecule has 3 atom stereocenters. The summed E-state index contributed by atoms with van der Waals surface area (Å²) in [5, 5.41) is 4.62. The van der Waals surface area contributed by atoms with Crippen molar-refractivity contribution in [2.45, 2.75) is 69.7 Å². The zero-order valence-electron chi connectivity index (χ0n) is 25.4. The fourth-order valence-electron chi connectivity index (χ4n) is 7.06. The van der Waals surface area contributed by atoms with Crippen molar-refractivity contribution in [3.05, 3.63) is 118 Å². The molecule has 2 heterocycles. The molecule has 0 spiro atoms. The fourth-order valence-corrected chi connectivity index (χ4v) is 7.06. The predicted molar refractivity (Wildman–Crippen MR) is 172 cm³/mol. The number of aryl methyl sites for hydroxylation is 1. The number of carbonyl (C=O) groups is 2. The van der Waals surface area contributed by atoms with Crippen molar-refractivity contribution in [2.24, 2.45) is 13.0 Å². The number of ketones is 1. The Morgan fingerprint density at radius 3 is 2.30 bits per heavy atom. The molecule has 1 aromatic heterocycles. The molecule has 6 rings (SSSR count). The minimum Gasteiger partial charge on any atom is -0.445 e. The number of aromatic nitrogens is 1. The second kappa shape index (κ2) is 13.6. The summed E-state index contributed by atoms with van der Waals surface area (Å²) in [4.78, 5) is 43.7. The Morgan fingerprint density at radius 2 is 1.55 bits per heavy atom. The molecule has 2 aliphatic rings. The Labute approximate surface area is 258 Å². The number of hydrogen-bond acceptors (Lipinski definition) is 5. The minimum atomic E-state index is -0.780. The smallest absolute Gasteiger partial charge is 0.410 e. The highest BCUT2D eigenvalue weighted by atomic mass is 16.6. The molecule has 0 bridgehead atoms. The van der Waals surface area contributed by atoms with Crippen LogP contribution in [0, 0.1) is 5.92 Å². The van der Waals surface area contributed by atoms with Crippen LogP contribution in [0.5, 0.6) is 0 Å². The number of pyridine rings is 1. The van der Waals surface area contributed by atoms with Gasteiger partial charge < -0.3 is 9.30 Å². The number of fused-ring (bicyclic) bond motifs is 1. The normalized spacial score (nSPS) is 19.9. The van der Waals surface area contributed by atoms with Gasteiger partial charge in [0.2, 0.25) is 0 Å². The van der Waals surface area contributed by atoms with Gasteiger partial charge in [0, 0.05) is 31.1 Å². The van der Waals surface area contributed by atoms with Gasteiger partial charge in [-0.25, -0.2) is 4.79 Å². The first-order chi connectivity index (χ1) is 21.5. The van der Waals surface area contributed by atoms with Crippen LogP contribution < -0.4 is 10.9 Å². The summed E-state index contributed by atoms with van der Waals surface area (Å²) in [6.07, 6.45) is 5.99. The van der Waals surface area contributed by atoms with Gasteiger partial charge in [0.1, 0.15) is 6.61 Å². The topological polar surface area (TPSA) is 80.6 Å². The third-order valence-corrected chi connectivity index (χ3v) is 9.36. The number of nitrogens with one attached hydrogen (secondary N) is 1. The highest BCUT2D eigenvalue weighted by Crippen LogP contribution is 2.36. The summed E-state index contributed by atoms with van der Waals surface area (Å²) in [6, 6.07) is 27.9. The largest absolute Gasteiger partial charge is 0.445 e. The number of carbonyl (C=O) groups excluding carboxylic acids is 2. The Balaban J connectivity index is 1.36. The van der Waals surface area contributed by atoms with Crippen molar-refractivity contribution in [2.75, 3.05) is 6.54 Å². The molecule has 1 saturated heterocycles. The Kier molecular flexibility index (Phi) is 9.22. The Morgan fingerprint density at radius 1 is 0.864 bits per heavy atom. The first-order valence-electron chi connectivity index (χ1n) is 15.9. The summed E-state index contributed by atoms with van der Waals surface area (Å²) >= 11 is 0. The average Bonchev–Trinajstić information content (AvgIpc) is 3.08. The molecule has 4 aromatic rings. The van der Waals surface area contributed by atoms with E-state index in [1.165, 1.54) is 0 Å². The number of Topliss-reactive ketones (excluding diaryl/α,β-unsaturated/α-hetero) is 1. The van der Waals surface area contributed by atoms with Gasteiger partial charge in [0.25, 0.3) is 5.56 Å². The number of piperidine rings is 1. The highest BCUT2D eigenvalue weighted by molar-refractivity contribution is 5.89. The van der Waals surface area contributed by atoms with Crippen LogP contribution in [0.2, 0.25) is 0 Å². The predicted octanol–water partition coefficient (Wildman–Crippen LogP) is 6.86. The molecular formula is C37H41N3O4. The van der Waals surface area contributed by atoms with Crippen molar-refractivity contribution < 1.29 is 14.3 Å². The quantitative estimate of drug-likeness (QED) is 0.242. The van der Waals surface area contributed by atoms with E-state index in [0.717, 1.165) is 67.0 Å². The van der Waals surface area contributed by atoms with Crippen molar-refractivity contribution >= 4 is 22.8 Å². The van der Waals surface area contributed by atoms with Crippen molar-refractivity contribution in [3.63, 3.8) is 0 Å². The number of nitrogens with zero attached hydrogens (tertiary/aromatic N) is 2. The molecular weight excluding hydrogens is 550 g/mol. The molecule has 0 radical (unpaired) electrons. The molecule has 1 aliphatic heterocycles. The van der Waals surface area contributed by atoms with E-state index < -0.39 is 6.04 Å². The lowest BCUT2D eigenvalue weighted by molar-refractivity contribution is -0.126. The van der Waals surface area contributed by atoms with E-state index in [1.54, 1.807) is 16.5 Å². The molecule has 1 N–H and O–H groups in total. The van der Waals surface area contributed by atoms with E-state index in [1.807, 2.05) is 91.0 Å². The SMILES string of the molecule is Cn1c(=O)c(C(NC2CCCN(C(=O)OCc3ccccc3)C2c2ccccc2)C(=O)C2CCCCC2)cc2ccccc21. The molecule has 228 valence electrons. The molecule has 2 fully saturated rings. The lowest BCUT2D eigenvalue weighted by Crippen LogP contribution is -2.53. The number of hydrogen-bond donors (Lipinski definition) is 1. The fraction of sp³-hybridized carbons (Fsp3) is 0.378. The number of amides is 1. The van der Waals surface area contributed by atoms with Crippen LogP contribution in [0.15, 0.2) is 95.8 Å². The summed E-state index contributed by atoms with van der Waals surface area (Å²) in [7, 11) is 1.77. The van der Waals surface area contributed by atoms with Crippen molar-refractivity contribution in [1.29, 1.82) is 0 Å². The standard InChI is InChI=1S/C37H41N3O4/c1-39-32-22-12-11-20-29(32)24-30(36(39)42)33(35(41)28-18-9-4-10-19-28)38-31-21-13-23-40(34(31)27-16-7-3-8-17-27)37(43)44-25-26-14-5-2-6-15-26/h2-3,5-8,11-12,14-17,20,22,24,28,31,33-34,38H,4,9-10,13,18-19,21,23,25H2,1H3. The van der Waals surface area contributed by atoms with E-state index in [0.29, 0.717) is 12.1 Å². The lowest BCUT2D eigenvalue weighted by Gasteiger charge is -2.43. The monoisotopic (exact) mass is 591 g/mol. The average molecular weight is 592 g/mol. The van der Waals surface area contributed by atoms with Gasteiger partial charge in [-0.05, 0) is 54.3 Å². The third kappa shape index (κ3) is 6.34. The van der Waals surface area contributed by atoms with Gasteiger partial charge >= 0.3 is 6.09 Å². The minimum absolute atomic E-state index is 0.0765. The maximum absolute atomic E-state index is 14.4. The van der Waals surface area contributed by atoms with E-state index in [-0.39, 0.29) is 42.0 Å². The summed E-state index contributed by atoms with van der Waals surface area (Å²) in [5.41, 5.74) is 3.02. The molecule has 3 unspecified atom stereocenters. The highest BCUT2D eigenvalue weighted by Gasteiger charge is 2.40. The van der Waals surface area contributed by atoms with Crippen molar-refractivity contribution in [1.82, 2.24) is 14.8 Å². The van der Waals surface area contributed by atoms with Gasteiger partial charge in [-0.3, -0.25) is 19.8 Å². The zero-order valence-corrected chi connectivity index (χ0v) is 25.4. The molecule has 1 amide bonds. The third-order valence-electron chi connectivity index (χ3n) is 9.36. The maximum Gasteiger partial charge on any atom is 0.410 e. The van der Waals surface area contributed by atoms with E-state index in [2.05, 4.69) is 5.32 Å². The Bertz CT molecular complexity index is 1650. The van der Waals surface area contributed by atoms with E-state index in [9.17, 15) is 14.4 Å². The maximum atomic E-state index is 14.4. The molecule has 7 nitrogen and oxygen atoms in total. The lowest BCUT2D eigenvalue weighted by atomic mass is 9.81. The van der Waals surface area contributed by atoms with Crippen molar-refractivity contribution in [3.8, 4) is 0 Å². The molecule has 3 aromatic carbocycles. The van der Waals surface area contributed by atoms with E-state index >= 15 is 0 Å². The summed E-state index contributed by atoms with van der Waals surface area (Å²) < 4.78 is 7.47. The first-order valence-corrected chi connectivity index (χ1v) is 15.9. The zero-order chi connectivity index (χ0) is 30.5. The van der Waals surface area contributed by atoms with E-state index in [4.69, 9.17) is 4.74 Å². The molecule has 1 aliphatic carbocycles. The van der Waals surface area contributed by atoms with Crippen LogP contribution >= 0.6 is 0 Å². The number of benzene rings is 3. The summed E-state index contributed by atoms with van der Waals surface area (Å²) in [6.45, 7) is 0.732. The Hall–Kier alpha value is -4.23. The van der Waals surface area contributed by atoms with Gasteiger partial charge in [-0.2, -0.15) is 0 Å². The second-order valence-corrected chi connectivity index (χ2v) is 12.2. The molecule has 44 heavy (non-hydrogen) atoms. The molecule has 1 saturated carbocycles. The van der Waals surface area contributed by atoms with Gasteiger partial charge in [-0.15, -0.1) is 0 Å². The second-order valence-electron chi connectivity index (χ2n) is 12.2. The number of ether oxygens (including phenoxy) is 1. The van der Waals surface area contributed by atoms with Crippen LogP contribution in [0.1, 0.15) is 73.7 Å². The number of rotatable bonds is 8. The molecule has 7 heteroatoms. The first kappa shape index (κ1) is 29.8. The number of para-hydroxylation sites is 1. The number of likely N-dealkylation sites (tertiary alicyclic amines) is 1. The van der Waals surface area contributed by atoms with Gasteiger partial charge in [0.15, 0.2) is 5.78 Å². The van der Waals surface area contributed by atoms with Crippen LogP contribution in [0.4, 0.5) is 4.79 Å². The van der Waals surface area contributed by atoms with Crippen LogP contribution in [0.3, 0.4) is 0 Å². The van der Waals surface area contributed by atoms with Crippen LogP contribution in [0.25, 0.3) is 10.9 Å².